The number of carboxylic acid groups (broad SMARTS) is 1. The summed E-state index contributed by atoms with van der Waals surface area (Å²) in [5, 5.41) is 14.4. The van der Waals surface area contributed by atoms with Gasteiger partial charge in [0.1, 0.15) is 12.1 Å². The molecule has 24 heavy (non-hydrogen) atoms. The first kappa shape index (κ1) is 19.9. The molecule has 2 atom stereocenters. The molecule has 1 unspecified atom stereocenters. The van der Waals surface area contributed by atoms with E-state index in [1.165, 1.54) is 7.05 Å². The Morgan fingerprint density at radius 1 is 1.29 bits per heavy atom. The van der Waals surface area contributed by atoms with Crippen LogP contribution in [0.1, 0.15) is 24.4 Å². The van der Waals surface area contributed by atoms with Crippen molar-refractivity contribution in [3.8, 4) is 0 Å². The maximum atomic E-state index is 12.2. The highest BCUT2D eigenvalue weighted by Crippen LogP contribution is 2.17. The summed E-state index contributed by atoms with van der Waals surface area (Å²) in [4.78, 5) is 37.1. The van der Waals surface area contributed by atoms with Crippen molar-refractivity contribution in [3.05, 3.63) is 35.9 Å². The van der Waals surface area contributed by atoms with Crippen LogP contribution in [0.4, 0.5) is 0 Å². The number of nitrogens with one attached hydrogen (secondary N) is 2. The average Bonchev–Trinajstić information content (AvgIpc) is 3.01. The number of nitrogens with zero attached hydrogens (tertiary/aromatic N) is 1. The highest BCUT2D eigenvalue weighted by atomic mass is 35.5. The lowest BCUT2D eigenvalue weighted by Crippen LogP contribution is -2.46. The second kappa shape index (κ2) is 9.24. The zero-order chi connectivity index (χ0) is 16.8. The summed E-state index contributed by atoms with van der Waals surface area (Å²) in [5.41, 5.74) is 0.677. The molecule has 1 fully saturated rings. The van der Waals surface area contributed by atoms with Crippen molar-refractivity contribution in [1.82, 2.24) is 15.5 Å². The fourth-order valence-corrected chi connectivity index (χ4v) is 2.78. The first-order valence-electron chi connectivity index (χ1n) is 7.55. The molecule has 132 valence electrons. The zero-order valence-corrected chi connectivity index (χ0v) is 14.2. The molecule has 1 aliphatic rings. The smallest absolute Gasteiger partial charge is 0.320 e. The van der Waals surface area contributed by atoms with Gasteiger partial charge < -0.3 is 15.7 Å². The summed E-state index contributed by atoms with van der Waals surface area (Å²) in [7, 11) is 1.51. The normalized spacial score (nSPS) is 18.3. The number of rotatable bonds is 6. The molecule has 0 spiro atoms. The summed E-state index contributed by atoms with van der Waals surface area (Å²) in [5.74, 6) is -1.60. The molecule has 0 bridgehead atoms. The molecule has 8 heteroatoms. The molecular formula is C16H22ClN3O4. The molecular weight excluding hydrogens is 334 g/mol. The summed E-state index contributed by atoms with van der Waals surface area (Å²) in [6.45, 7) is 0.539. The van der Waals surface area contributed by atoms with Gasteiger partial charge in [0, 0.05) is 7.05 Å². The van der Waals surface area contributed by atoms with Crippen molar-refractivity contribution in [2.24, 2.45) is 0 Å². The maximum Gasteiger partial charge on any atom is 0.320 e. The topological polar surface area (TPSA) is 98.7 Å². The molecule has 0 radical (unpaired) electrons. The van der Waals surface area contributed by atoms with E-state index in [4.69, 9.17) is 5.11 Å². The van der Waals surface area contributed by atoms with Crippen molar-refractivity contribution >= 4 is 30.2 Å². The van der Waals surface area contributed by atoms with E-state index in [1.54, 1.807) is 29.2 Å². The number of carbonyl (C=O) groups is 3. The predicted molar refractivity (Wildman–Crippen MR) is 90.9 cm³/mol. The van der Waals surface area contributed by atoms with Crippen LogP contribution in [-0.4, -0.2) is 54.0 Å². The van der Waals surface area contributed by atoms with Crippen molar-refractivity contribution in [2.45, 2.75) is 24.9 Å². The summed E-state index contributed by atoms with van der Waals surface area (Å²) >= 11 is 0. The minimum absolute atomic E-state index is 0. The monoisotopic (exact) mass is 355 g/mol. The van der Waals surface area contributed by atoms with Gasteiger partial charge in [-0.25, -0.2) is 0 Å². The molecule has 1 aromatic carbocycles. The summed E-state index contributed by atoms with van der Waals surface area (Å²) in [6, 6.07) is 7.51. The van der Waals surface area contributed by atoms with E-state index >= 15 is 0 Å². The van der Waals surface area contributed by atoms with Gasteiger partial charge in [-0.1, -0.05) is 30.3 Å². The Hall–Kier alpha value is -2.12. The Balaban J connectivity index is 0.00000288. The quantitative estimate of drug-likeness (QED) is 0.692. The third-order valence-corrected chi connectivity index (χ3v) is 3.94. The number of amides is 2. The number of hydrogen-bond donors (Lipinski definition) is 3. The molecule has 1 saturated heterocycles. The van der Waals surface area contributed by atoms with Crippen LogP contribution in [-0.2, 0) is 14.4 Å². The average molecular weight is 356 g/mol. The van der Waals surface area contributed by atoms with Crippen LogP contribution in [0.15, 0.2) is 30.3 Å². The van der Waals surface area contributed by atoms with Gasteiger partial charge in [-0.3, -0.25) is 19.3 Å². The van der Waals surface area contributed by atoms with Crippen LogP contribution >= 0.6 is 12.4 Å². The minimum atomic E-state index is -0.916. The van der Waals surface area contributed by atoms with Crippen LogP contribution in [0.3, 0.4) is 0 Å². The van der Waals surface area contributed by atoms with Crippen molar-refractivity contribution in [2.75, 3.05) is 20.1 Å². The first-order chi connectivity index (χ1) is 11.0. The molecule has 1 heterocycles. The van der Waals surface area contributed by atoms with Gasteiger partial charge in [0.15, 0.2) is 0 Å². The third-order valence-electron chi connectivity index (χ3n) is 3.94. The van der Waals surface area contributed by atoms with Gasteiger partial charge in [-0.2, -0.15) is 0 Å². The number of hydrogen-bond acceptors (Lipinski definition) is 4. The van der Waals surface area contributed by atoms with Gasteiger partial charge in [0.2, 0.25) is 11.8 Å². The highest BCUT2D eigenvalue weighted by Gasteiger charge is 2.32. The molecule has 0 aromatic heterocycles. The third kappa shape index (κ3) is 4.94. The van der Waals surface area contributed by atoms with E-state index in [1.807, 2.05) is 6.07 Å². The van der Waals surface area contributed by atoms with E-state index in [0.29, 0.717) is 18.5 Å². The lowest BCUT2D eigenvalue weighted by molar-refractivity contribution is -0.142. The second-order valence-corrected chi connectivity index (χ2v) is 5.49. The predicted octanol–water partition coefficient (Wildman–Crippen LogP) is 0.561. The number of carboxylic acids is 1. The van der Waals surface area contributed by atoms with Gasteiger partial charge in [-0.05, 0) is 24.9 Å². The van der Waals surface area contributed by atoms with Gasteiger partial charge in [-0.15, -0.1) is 12.4 Å². The Morgan fingerprint density at radius 2 is 1.96 bits per heavy atom. The Bertz CT molecular complexity index is 582. The Kier molecular flexibility index (Phi) is 7.67. The fourth-order valence-electron chi connectivity index (χ4n) is 2.78. The minimum Gasteiger partial charge on any atom is -0.480 e. The van der Waals surface area contributed by atoms with E-state index in [2.05, 4.69) is 10.6 Å². The number of benzene rings is 1. The van der Waals surface area contributed by atoms with Crippen LogP contribution in [0, 0.1) is 0 Å². The number of aliphatic carboxylic acids is 1. The summed E-state index contributed by atoms with van der Waals surface area (Å²) < 4.78 is 0. The molecule has 3 N–H and O–H groups in total. The molecule has 2 amide bonds. The van der Waals surface area contributed by atoms with E-state index < -0.39 is 18.1 Å². The largest absolute Gasteiger partial charge is 0.480 e. The van der Waals surface area contributed by atoms with Crippen LogP contribution in [0.5, 0.6) is 0 Å². The van der Waals surface area contributed by atoms with Gasteiger partial charge in [0.05, 0.1) is 6.54 Å². The number of halogens is 1. The van der Waals surface area contributed by atoms with Crippen LogP contribution < -0.4 is 10.6 Å². The SMILES string of the molecule is CNC(=O)C(NC(=O)CN1CCC[C@H]1C(=O)O)c1ccccc1.Cl. The Labute approximate surface area is 146 Å². The standard InChI is InChI=1S/C16H21N3O4.ClH/c1-17-15(21)14(11-6-3-2-4-7-11)18-13(20)10-19-9-5-8-12(19)16(22)23;/h2-4,6-7,12,14H,5,8-10H2,1H3,(H,17,21)(H,18,20)(H,22,23);1H/t12-,14?;/m0./s1. The number of carbonyl (C=O) groups excluding carboxylic acids is 2. The van der Waals surface area contributed by atoms with E-state index in [0.717, 1.165) is 6.42 Å². The van der Waals surface area contributed by atoms with E-state index in [9.17, 15) is 14.4 Å². The molecule has 1 aromatic rings. The number of likely N-dealkylation sites (N-methyl/N-ethyl adjacent to an activating group) is 1. The summed E-state index contributed by atoms with van der Waals surface area (Å²) in [6.07, 6.45) is 1.29. The van der Waals surface area contributed by atoms with Crippen LogP contribution in [0.25, 0.3) is 0 Å². The first-order valence-corrected chi connectivity index (χ1v) is 7.55. The highest BCUT2D eigenvalue weighted by molar-refractivity contribution is 5.89. The van der Waals surface area contributed by atoms with Crippen molar-refractivity contribution in [3.63, 3.8) is 0 Å². The van der Waals surface area contributed by atoms with Crippen LogP contribution in [0.2, 0.25) is 0 Å². The Morgan fingerprint density at radius 3 is 2.54 bits per heavy atom. The lowest BCUT2D eigenvalue weighted by atomic mass is 10.1. The van der Waals surface area contributed by atoms with E-state index in [-0.39, 0.29) is 30.8 Å². The molecule has 0 saturated carbocycles. The van der Waals surface area contributed by atoms with Crippen molar-refractivity contribution in [1.29, 1.82) is 0 Å². The van der Waals surface area contributed by atoms with Gasteiger partial charge >= 0.3 is 5.97 Å². The fraction of sp³-hybridized carbons (Fsp3) is 0.438. The molecule has 2 rings (SSSR count). The van der Waals surface area contributed by atoms with Gasteiger partial charge in [0.25, 0.3) is 0 Å². The molecule has 0 aliphatic carbocycles. The molecule has 7 nitrogen and oxygen atoms in total. The lowest BCUT2D eigenvalue weighted by Gasteiger charge is -2.23. The maximum absolute atomic E-state index is 12.2. The zero-order valence-electron chi connectivity index (χ0n) is 13.4. The van der Waals surface area contributed by atoms with Crippen molar-refractivity contribution < 1.29 is 19.5 Å². The second-order valence-electron chi connectivity index (χ2n) is 5.49. The molecule has 1 aliphatic heterocycles. The number of likely N-dealkylation sites (tertiary alicyclic amines) is 1.